The Labute approximate surface area is 171 Å². The summed E-state index contributed by atoms with van der Waals surface area (Å²) in [5.41, 5.74) is -0.509. The number of ether oxygens (including phenoxy) is 1. The van der Waals surface area contributed by atoms with Crippen LogP contribution >= 0.6 is 0 Å². The summed E-state index contributed by atoms with van der Waals surface area (Å²) >= 11 is 0. The molecule has 1 saturated carbocycles. The van der Waals surface area contributed by atoms with Gasteiger partial charge >= 0.3 is 0 Å². The van der Waals surface area contributed by atoms with Gasteiger partial charge in [-0.05, 0) is 54.9 Å². The Hall–Kier alpha value is -2.41. The summed E-state index contributed by atoms with van der Waals surface area (Å²) in [6.45, 7) is 1.17. The molecule has 2 heterocycles. The predicted molar refractivity (Wildman–Crippen MR) is 102 cm³/mol. The quantitative estimate of drug-likeness (QED) is 0.677. The number of nitrogens with zero attached hydrogens (tertiary/aromatic N) is 1. The molecule has 0 bridgehead atoms. The third-order valence-electron chi connectivity index (χ3n) is 6.64. The van der Waals surface area contributed by atoms with Crippen molar-refractivity contribution in [1.82, 2.24) is 4.90 Å². The number of hydrogen-bond donors (Lipinski definition) is 0. The van der Waals surface area contributed by atoms with E-state index < -0.39 is 29.4 Å². The van der Waals surface area contributed by atoms with Gasteiger partial charge in [0.05, 0.1) is 6.61 Å². The molecule has 30 heavy (non-hydrogen) atoms. The molecule has 0 unspecified atom stereocenters. The standard InChI is InChI=1S/C23H21F4NO2/c24-14-8-13(20(26)17(10-14)16-2-1-3-18(25)21(16)27)9-15-11-23(5-6-23)12-28(15)22(29)19-4-7-30-19/h1-3,8,10,15,19H,4-7,9,11-12H2/t15-,19+/m0/s1. The summed E-state index contributed by atoms with van der Waals surface area (Å²) in [5, 5.41) is 0. The fraction of sp³-hybridized carbons (Fsp3) is 0.435. The maximum atomic E-state index is 15.3. The van der Waals surface area contributed by atoms with Crippen molar-refractivity contribution < 1.29 is 27.1 Å². The lowest BCUT2D eigenvalue weighted by Gasteiger charge is -2.33. The van der Waals surface area contributed by atoms with E-state index in [0.29, 0.717) is 19.6 Å². The Kier molecular flexibility index (Phi) is 4.61. The maximum absolute atomic E-state index is 15.3. The smallest absolute Gasteiger partial charge is 0.252 e. The van der Waals surface area contributed by atoms with Crippen LogP contribution in [-0.4, -0.2) is 36.1 Å². The molecule has 2 atom stereocenters. The lowest BCUT2D eigenvalue weighted by molar-refractivity contribution is -0.157. The monoisotopic (exact) mass is 419 g/mol. The van der Waals surface area contributed by atoms with Gasteiger partial charge in [0.1, 0.15) is 17.7 Å². The van der Waals surface area contributed by atoms with Crippen LogP contribution in [0.25, 0.3) is 11.1 Å². The second kappa shape index (κ2) is 7.08. The van der Waals surface area contributed by atoms with E-state index in [9.17, 15) is 18.0 Å². The molecule has 5 rings (SSSR count). The molecule has 0 aromatic heterocycles. The maximum Gasteiger partial charge on any atom is 0.252 e. The number of amides is 1. The minimum atomic E-state index is -1.22. The highest BCUT2D eigenvalue weighted by Crippen LogP contribution is 2.55. The Morgan fingerprint density at radius 1 is 1.10 bits per heavy atom. The van der Waals surface area contributed by atoms with E-state index in [-0.39, 0.29) is 40.5 Å². The van der Waals surface area contributed by atoms with E-state index in [1.807, 2.05) is 0 Å². The molecule has 3 aliphatic rings. The van der Waals surface area contributed by atoms with Crippen LogP contribution < -0.4 is 0 Å². The first kappa shape index (κ1) is 19.5. The predicted octanol–water partition coefficient (Wildman–Crippen LogP) is 4.62. The highest BCUT2D eigenvalue weighted by molar-refractivity contribution is 5.82. The van der Waals surface area contributed by atoms with Gasteiger partial charge in [-0.25, -0.2) is 17.6 Å². The minimum absolute atomic E-state index is 0.0590. The molecule has 3 fully saturated rings. The van der Waals surface area contributed by atoms with Crippen LogP contribution in [0.4, 0.5) is 17.6 Å². The SMILES string of the molecule is O=C([C@H]1CCO1)N1CC2(CC2)C[C@@H]1Cc1cc(F)cc(-c2cccc(F)c2F)c1F. The molecule has 1 spiro atoms. The Morgan fingerprint density at radius 3 is 2.53 bits per heavy atom. The van der Waals surface area contributed by atoms with Crippen molar-refractivity contribution in [3.63, 3.8) is 0 Å². The third-order valence-corrected chi connectivity index (χ3v) is 6.64. The Morgan fingerprint density at radius 2 is 1.87 bits per heavy atom. The van der Waals surface area contributed by atoms with Crippen molar-refractivity contribution in [3.8, 4) is 11.1 Å². The first-order chi connectivity index (χ1) is 14.4. The summed E-state index contributed by atoms with van der Waals surface area (Å²) in [5.74, 6) is -3.95. The van der Waals surface area contributed by atoms with E-state index in [1.165, 1.54) is 12.1 Å². The molecule has 1 aliphatic carbocycles. The highest BCUT2D eigenvalue weighted by Gasteiger charge is 2.54. The summed E-state index contributed by atoms with van der Waals surface area (Å²) in [6.07, 6.45) is 3.11. The van der Waals surface area contributed by atoms with Crippen LogP contribution in [0.1, 0.15) is 31.2 Å². The number of hydrogen-bond acceptors (Lipinski definition) is 2. The van der Waals surface area contributed by atoms with E-state index in [1.54, 1.807) is 4.90 Å². The van der Waals surface area contributed by atoms with Crippen LogP contribution in [0.3, 0.4) is 0 Å². The van der Waals surface area contributed by atoms with Crippen molar-refractivity contribution in [2.24, 2.45) is 5.41 Å². The molecule has 1 amide bonds. The average molecular weight is 419 g/mol. The molecular weight excluding hydrogens is 398 g/mol. The molecular formula is C23H21F4NO2. The first-order valence-corrected chi connectivity index (χ1v) is 10.2. The van der Waals surface area contributed by atoms with Crippen LogP contribution in [-0.2, 0) is 16.0 Å². The molecule has 3 nitrogen and oxygen atoms in total. The normalized spacial score (nSPS) is 24.2. The molecule has 2 aromatic carbocycles. The fourth-order valence-corrected chi connectivity index (χ4v) is 4.72. The third kappa shape index (κ3) is 3.29. The average Bonchev–Trinajstić information content (AvgIpc) is 3.31. The first-order valence-electron chi connectivity index (χ1n) is 10.2. The number of benzene rings is 2. The van der Waals surface area contributed by atoms with Crippen molar-refractivity contribution in [1.29, 1.82) is 0 Å². The number of likely N-dealkylation sites (tertiary alicyclic amines) is 1. The van der Waals surface area contributed by atoms with Crippen LogP contribution in [0.5, 0.6) is 0 Å². The van der Waals surface area contributed by atoms with Gasteiger partial charge in [-0.15, -0.1) is 0 Å². The van der Waals surface area contributed by atoms with Gasteiger partial charge in [0.2, 0.25) is 0 Å². The van der Waals surface area contributed by atoms with E-state index in [0.717, 1.165) is 37.5 Å². The van der Waals surface area contributed by atoms with Gasteiger partial charge in [0, 0.05) is 30.1 Å². The zero-order valence-electron chi connectivity index (χ0n) is 16.3. The molecule has 0 N–H and O–H groups in total. The van der Waals surface area contributed by atoms with Gasteiger partial charge in [0.25, 0.3) is 5.91 Å². The van der Waals surface area contributed by atoms with Crippen LogP contribution in [0, 0.1) is 28.7 Å². The topological polar surface area (TPSA) is 29.5 Å². The largest absolute Gasteiger partial charge is 0.368 e. The van der Waals surface area contributed by atoms with Crippen LogP contribution in [0.15, 0.2) is 30.3 Å². The Bertz CT molecular complexity index is 1020. The summed E-state index contributed by atoms with van der Waals surface area (Å²) in [6, 6.07) is 5.08. The summed E-state index contributed by atoms with van der Waals surface area (Å²) in [7, 11) is 0. The molecule has 158 valence electrons. The van der Waals surface area contributed by atoms with Gasteiger partial charge < -0.3 is 9.64 Å². The zero-order chi connectivity index (χ0) is 21.0. The molecule has 2 aromatic rings. The molecule has 7 heteroatoms. The van der Waals surface area contributed by atoms with E-state index in [4.69, 9.17) is 4.74 Å². The second-order valence-corrected chi connectivity index (χ2v) is 8.70. The van der Waals surface area contributed by atoms with E-state index >= 15 is 4.39 Å². The fourth-order valence-electron chi connectivity index (χ4n) is 4.72. The summed E-state index contributed by atoms with van der Waals surface area (Å²) in [4.78, 5) is 14.6. The number of carbonyl (C=O) groups excluding carboxylic acids is 1. The summed E-state index contributed by atoms with van der Waals surface area (Å²) < 4.78 is 62.8. The minimum Gasteiger partial charge on any atom is -0.368 e. The molecule has 2 saturated heterocycles. The Balaban J connectivity index is 1.47. The molecule has 0 radical (unpaired) electrons. The van der Waals surface area contributed by atoms with Gasteiger partial charge in [-0.3, -0.25) is 4.79 Å². The van der Waals surface area contributed by atoms with Gasteiger partial charge in [0.15, 0.2) is 11.6 Å². The zero-order valence-corrected chi connectivity index (χ0v) is 16.3. The van der Waals surface area contributed by atoms with E-state index in [2.05, 4.69) is 0 Å². The lowest BCUT2D eigenvalue weighted by atomic mass is 9.94. The van der Waals surface area contributed by atoms with Crippen molar-refractivity contribution >= 4 is 5.91 Å². The number of halogens is 4. The van der Waals surface area contributed by atoms with Gasteiger partial charge in [-0.2, -0.15) is 0 Å². The highest BCUT2D eigenvalue weighted by atomic mass is 19.2. The molecule has 2 aliphatic heterocycles. The lowest BCUT2D eigenvalue weighted by Crippen LogP contribution is -2.48. The van der Waals surface area contributed by atoms with Crippen molar-refractivity contribution in [2.45, 2.75) is 44.2 Å². The number of carbonyl (C=O) groups is 1. The second-order valence-electron chi connectivity index (χ2n) is 8.70. The van der Waals surface area contributed by atoms with Crippen LogP contribution in [0.2, 0.25) is 0 Å². The van der Waals surface area contributed by atoms with Crippen molar-refractivity contribution in [2.75, 3.05) is 13.2 Å². The number of rotatable bonds is 4. The van der Waals surface area contributed by atoms with Gasteiger partial charge in [-0.1, -0.05) is 12.1 Å². The van der Waals surface area contributed by atoms with Crippen molar-refractivity contribution in [3.05, 3.63) is 59.2 Å².